The van der Waals surface area contributed by atoms with Gasteiger partial charge >= 0.3 is 11.9 Å². The van der Waals surface area contributed by atoms with Crippen LogP contribution < -0.4 is 0 Å². The number of benzene rings is 2. The average Bonchev–Trinajstić information content (AvgIpc) is 3.25. The lowest BCUT2D eigenvalue weighted by Crippen LogP contribution is -2.32. The first kappa shape index (κ1) is 25.6. The normalized spacial score (nSPS) is 18.9. The highest BCUT2D eigenvalue weighted by molar-refractivity contribution is 6.11. The van der Waals surface area contributed by atoms with Gasteiger partial charge in [-0.1, -0.05) is 55.1 Å². The first-order chi connectivity index (χ1) is 16.7. The largest absolute Gasteiger partial charge is 0.465 e. The molecule has 35 heavy (non-hydrogen) atoms. The van der Waals surface area contributed by atoms with Gasteiger partial charge in [0.1, 0.15) is 0 Å². The number of nitrogens with zero attached hydrogens (tertiary/aromatic N) is 1. The molecular weight excluding hydrogens is 450 g/mol. The Labute approximate surface area is 203 Å². The Morgan fingerprint density at radius 1 is 1.06 bits per heavy atom. The molecule has 2 aromatic carbocycles. The second-order valence-corrected chi connectivity index (χ2v) is 8.28. The number of nitro groups is 1. The van der Waals surface area contributed by atoms with E-state index in [1.165, 1.54) is 12.1 Å². The van der Waals surface area contributed by atoms with E-state index in [1.54, 1.807) is 62.4 Å². The van der Waals surface area contributed by atoms with Crippen molar-refractivity contribution in [2.75, 3.05) is 13.2 Å². The zero-order chi connectivity index (χ0) is 25.6. The van der Waals surface area contributed by atoms with Gasteiger partial charge in [0, 0.05) is 34.8 Å². The summed E-state index contributed by atoms with van der Waals surface area (Å²) in [7, 11) is 0. The molecule has 8 heteroatoms. The highest BCUT2D eigenvalue weighted by atomic mass is 16.6. The number of nitro benzene ring substituents is 1. The monoisotopic (exact) mass is 477 g/mol. The van der Waals surface area contributed by atoms with E-state index in [-0.39, 0.29) is 43.1 Å². The lowest BCUT2D eigenvalue weighted by molar-refractivity contribution is -0.384. The Hall–Kier alpha value is -4.07. The van der Waals surface area contributed by atoms with Crippen LogP contribution in [0, 0.1) is 15.5 Å². The number of allylic oxidation sites excluding steroid dienone is 1. The molecule has 0 aliphatic heterocycles. The predicted octanol–water partition coefficient (Wildman–Crippen LogP) is 4.95. The molecule has 0 amide bonds. The third-order valence-corrected chi connectivity index (χ3v) is 5.93. The van der Waals surface area contributed by atoms with Crippen LogP contribution in [-0.2, 0) is 19.1 Å². The molecular formula is C27H27NO7. The van der Waals surface area contributed by atoms with E-state index >= 15 is 0 Å². The van der Waals surface area contributed by atoms with Crippen molar-refractivity contribution in [3.63, 3.8) is 0 Å². The minimum Gasteiger partial charge on any atom is -0.465 e. The van der Waals surface area contributed by atoms with Gasteiger partial charge in [0.05, 0.1) is 23.6 Å². The van der Waals surface area contributed by atoms with Crippen molar-refractivity contribution in [1.29, 1.82) is 0 Å². The van der Waals surface area contributed by atoms with Crippen LogP contribution in [0.5, 0.6) is 0 Å². The van der Waals surface area contributed by atoms with Crippen LogP contribution in [0.15, 0.2) is 78.4 Å². The highest BCUT2D eigenvalue weighted by Crippen LogP contribution is 2.50. The van der Waals surface area contributed by atoms with Crippen LogP contribution in [0.4, 0.5) is 5.69 Å². The molecule has 1 unspecified atom stereocenters. The van der Waals surface area contributed by atoms with Gasteiger partial charge in [-0.25, -0.2) is 4.79 Å². The molecule has 3 rings (SSSR count). The number of ether oxygens (including phenoxy) is 2. The summed E-state index contributed by atoms with van der Waals surface area (Å²) in [6, 6.07) is 14.6. The molecule has 0 fully saturated rings. The van der Waals surface area contributed by atoms with Gasteiger partial charge < -0.3 is 9.47 Å². The van der Waals surface area contributed by atoms with E-state index in [1.807, 2.05) is 0 Å². The van der Waals surface area contributed by atoms with Crippen LogP contribution in [0.25, 0.3) is 0 Å². The Balaban J connectivity index is 2.14. The lowest BCUT2D eigenvalue weighted by Gasteiger charge is -2.27. The third-order valence-electron chi connectivity index (χ3n) is 5.93. The molecule has 8 nitrogen and oxygen atoms in total. The molecule has 0 spiro atoms. The third kappa shape index (κ3) is 5.54. The molecule has 1 aliphatic carbocycles. The van der Waals surface area contributed by atoms with E-state index in [4.69, 9.17) is 9.47 Å². The van der Waals surface area contributed by atoms with Gasteiger partial charge in [-0.3, -0.25) is 19.7 Å². The number of rotatable bonds is 10. The zero-order valence-electron chi connectivity index (χ0n) is 19.7. The smallest absolute Gasteiger partial charge is 0.333 e. The molecule has 0 saturated carbocycles. The van der Waals surface area contributed by atoms with Crippen LogP contribution >= 0.6 is 0 Å². The molecule has 2 atom stereocenters. The van der Waals surface area contributed by atoms with E-state index < -0.39 is 28.2 Å². The SMILES string of the molecule is C=C(C[C@]1(C(=O)OCC)C=C(C(=O)c2ccccc2)C(c2cccc([N+](=O)[O-])c2)C1)C(=O)OCC. The van der Waals surface area contributed by atoms with Gasteiger partial charge in [0.15, 0.2) is 5.78 Å². The Bertz CT molecular complexity index is 1190. The van der Waals surface area contributed by atoms with Gasteiger partial charge in [0.2, 0.25) is 0 Å². The van der Waals surface area contributed by atoms with Crippen LogP contribution in [0.2, 0.25) is 0 Å². The number of hydrogen-bond acceptors (Lipinski definition) is 7. The highest BCUT2D eigenvalue weighted by Gasteiger charge is 2.49. The Morgan fingerprint density at radius 3 is 2.37 bits per heavy atom. The molecule has 0 bridgehead atoms. The van der Waals surface area contributed by atoms with Crippen LogP contribution in [0.3, 0.4) is 0 Å². The number of esters is 2. The summed E-state index contributed by atoms with van der Waals surface area (Å²) in [6.45, 7) is 7.38. The molecule has 0 N–H and O–H groups in total. The van der Waals surface area contributed by atoms with E-state index in [0.717, 1.165) is 0 Å². The van der Waals surface area contributed by atoms with Gasteiger partial charge in [-0.2, -0.15) is 0 Å². The minimum atomic E-state index is -1.37. The number of ketones is 1. The molecule has 1 aliphatic rings. The summed E-state index contributed by atoms with van der Waals surface area (Å²) < 4.78 is 10.4. The number of carbonyl (C=O) groups is 3. The molecule has 0 radical (unpaired) electrons. The summed E-state index contributed by atoms with van der Waals surface area (Å²) >= 11 is 0. The summed E-state index contributed by atoms with van der Waals surface area (Å²) in [5.74, 6) is -2.19. The maximum absolute atomic E-state index is 13.6. The Morgan fingerprint density at radius 2 is 1.74 bits per heavy atom. The van der Waals surface area contributed by atoms with Crippen LogP contribution in [0.1, 0.15) is 48.5 Å². The van der Waals surface area contributed by atoms with Crippen molar-refractivity contribution in [3.8, 4) is 0 Å². The molecule has 2 aromatic rings. The number of carbonyl (C=O) groups excluding carboxylic acids is 3. The second kappa shape index (κ2) is 10.9. The van der Waals surface area contributed by atoms with Crippen molar-refractivity contribution in [2.24, 2.45) is 5.41 Å². The molecule has 0 saturated heterocycles. The van der Waals surface area contributed by atoms with E-state index in [9.17, 15) is 24.5 Å². The maximum Gasteiger partial charge on any atom is 0.333 e. The lowest BCUT2D eigenvalue weighted by atomic mass is 9.78. The van der Waals surface area contributed by atoms with Gasteiger partial charge in [0.25, 0.3) is 5.69 Å². The van der Waals surface area contributed by atoms with Gasteiger partial charge in [-0.05, 0) is 32.3 Å². The maximum atomic E-state index is 13.6. The minimum absolute atomic E-state index is 0.0716. The van der Waals surface area contributed by atoms with Crippen LogP contribution in [-0.4, -0.2) is 35.9 Å². The van der Waals surface area contributed by atoms with E-state index in [0.29, 0.717) is 16.7 Å². The predicted molar refractivity (Wildman–Crippen MR) is 129 cm³/mol. The summed E-state index contributed by atoms with van der Waals surface area (Å²) in [6.07, 6.45) is 1.52. The van der Waals surface area contributed by atoms with Crippen molar-refractivity contribution < 1.29 is 28.8 Å². The van der Waals surface area contributed by atoms with Crippen molar-refractivity contribution in [2.45, 2.75) is 32.6 Å². The quantitative estimate of drug-likeness (QED) is 0.156. The number of hydrogen-bond donors (Lipinski definition) is 0. The average molecular weight is 478 g/mol. The van der Waals surface area contributed by atoms with E-state index in [2.05, 4.69) is 6.58 Å². The fourth-order valence-electron chi connectivity index (χ4n) is 4.36. The topological polar surface area (TPSA) is 113 Å². The molecule has 182 valence electrons. The standard InChI is InChI=1S/C27H27NO7/c1-4-34-25(30)18(3)15-27(26(31)35-5-2)16-22(20-12-9-13-21(14-20)28(32)33)23(17-27)24(29)19-10-7-6-8-11-19/h6-14,17,22H,3-5,15-16H2,1-2H3/t22?,27-/m1/s1. The second-order valence-electron chi connectivity index (χ2n) is 8.28. The summed E-state index contributed by atoms with van der Waals surface area (Å²) in [5, 5.41) is 11.4. The van der Waals surface area contributed by atoms with Crippen molar-refractivity contribution >= 4 is 23.4 Å². The summed E-state index contributed by atoms with van der Waals surface area (Å²) in [4.78, 5) is 50.0. The van der Waals surface area contributed by atoms with Gasteiger partial charge in [-0.15, -0.1) is 0 Å². The fourth-order valence-corrected chi connectivity index (χ4v) is 4.36. The zero-order valence-corrected chi connectivity index (χ0v) is 19.7. The Kier molecular flexibility index (Phi) is 7.96. The number of Topliss-reactive ketones (excluding diaryl/α,β-unsaturated/α-hetero) is 1. The fraction of sp³-hybridized carbons (Fsp3) is 0.296. The first-order valence-corrected chi connectivity index (χ1v) is 11.3. The molecule has 0 aromatic heterocycles. The summed E-state index contributed by atoms with van der Waals surface area (Å²) in [5.41, 5.74) is -0.183. The van der Waals surface area contributed by atoms with Crippen molar-refractivity contribution in [3.05, 3.63) is 99.6 Å². The first-order valence-electron chi connectivity index (χ1n) is 11.3. The van der Waals surface area contributed by atoms with Crippen molar-refractivity contribution in [1.82, 2.24) is 0 Å². The molecule has 0 heterocycles. The number of non-ortho nitro benzene ring substituents is 1.